The van der Waals surface area contributed by atoms with Gasteiger partial charge < -0.3 is 10.1 Å². The van der Waals surface area contributed by atoms with Crippen LogP contribution in [-0.2, 0) is 4.74 Å². The zero-order valence-corrected chi connectivity index (χ0v) is 10.8. The van der Waals surface area contributed by atoms with Gasteiger partial charge in [-0.05, 0) is 35.2 Å². The van der Waals surface area contributed by atoms with E-state index in [2.05, 4.69) is 53.8 Å². The highest BCUT2D eigenvalue weighted by molar-refractivity contribution is 5.74. The summed E-state index contributed by atoms with van der Waals surface area (Å²) < 4.78 is 6.13. The summed E-state index contributed by atoms with van der Waals surface area (Å²) in [6.07, 6.45) is 1.23. The predicted molar refractivity (Wildman–Crippen MR) is 75.9 cm³/mol. The Balaban J connectivity index is 1.96. The second-order valence-electron chi connectivity index (χ2n) is 5.25. The van der Waals surface area contributed by atoms with Crippen molar-refractivity contribution < 1.29 is 4.74 Å². The van der Waals surface area contributed by atoms with E-state index in [0.29, 0.717) is 0 Å². The van der Waals surface area contributed by atoms with Gasteiger partial charge in [0.1, 0.15) is 6.10 Å². The average Bonchev–Trinajstić information content (AvgIpc) is 2.73. The molecule has 0 unspecified atom stereocenters. The van der Waals surface area contributed by atoms with E-state index in [4.69, 9.17) is 4.74 Å². The lowest BCUT2D eigenvalue weighted by Gasteiger charge is -2.34. The van der Waals surface area contributed by atoms with E-state index in [1.807, 2.05) is 0 Å². The lowest BCUT2D eigenvalue weighted by molar-refractivity contribution is 0.0407. The summed E-state index contributed by atoms with van der Waals surface area (Å²) in [7, 11) is 0. The van der Waals surface area contributed by atoms with Crippen LogP contribution in [0.4, 0.5) is 0 Å². The summed E-state index contributed by atoms with van der Waals surface area (Å²) in [5, 5.41) is 3.66. The topological polar surface area (TPSA) is 21.3 Å². The molecule has 96 valence electrons. The maximum absolute atomic E-state index is 6.13. The van der Waals surface area contributed by atoms with Crippen LogP contribution >= 0.6 is 0 Å². The van der Waals surface area contributed by atoms with E-state index in [9.17, 15) is 0 Å². The summed E-state index contributed by atoms with van der Waals surface area (Å²) in [6.45, 7) is 1.86. The molecule has 1 N–H and O–H groups in total. The fourth-order valence-electron chi connectivity index (χ4n) is 3.29. The van der Waals surface area contributed by atoms with Crippen molar-refractivity contribution in [1.82, 2.24) is 5.32 Å². The second kappa shape index (κ2) is 4.48. The number of ether oxygens (including phenoxy) is 1. The van der Waals surface area contributed by atoms with Crippen molar-refractivity contribution in [2.24, 2.45) is 0 Å². The first kappa shape index (κ1) is 11.2. The molecule has 0 amide bonds. The van der Waals surface area contributed by atoms with E-state index in [-0.39, 0.29) is 12.1 Å². The summed E-state index contributed by atoms with van der Waals surface area (Å²) >= 11 is 0. The van der Waals surface area contributed by atoms with Crippen LogP contribution in [0, 0.1) is 0 Å². The Morgan fingerprint density at radius 3 is 2.42 bits per heavy atom. The fourth-order valence-corrected chi connectivity index (χ4v) is 3.29. The largest absolute Gasteiger partial charge is 0.371 e. The Labute approximate surface area is 113 Å². The Hall–Kier alpha value is -1.64. The van der Waals surface area contributed by atoms with Crippen molar-refractivity contribution in [2.45, 2.75) is 18.6 Å². The number of hydrogen-bond acceptors (Lipinski definition) is 2. The summed E-state index contributed by atoms with van der Waals surface area (Å²) in [4.78, 5) is 0. The van der Waals surface area contributed by atoms with Gasteiger partial charge in [0, 0.05) is 6.61 Å². The van der Waals surface area contributed by atoms with E-state index >= 15 is 0 Å². The van der Waals surface area contributed by atoms with Gasteiger partial charge >= 0.3 is 0 Å². The minimum Gasteiger partial charge on any atom is -0.371 e. The Morgan fingerprint density at radius 2 is 1.58 bits per heavy atom. The minimum atomic E-state index is 0.147. The highest BCUT2D eigenvalue weighted by atomic mass is 16.5. The monoisotopic (exact) mass is 251 g/mol. The molecular formula is C17H17NO. The molecule has 1 aliphatic carbocycles. The van der Waals surface area contributed by atoms with Gasteiger partial charge in [-0.25, -0.2) is 0 Å². The first-order valence-corrected chi connectivity index (χ1v) is 6.98. The molecule has 19 heavy (non-hydrogen) atoms. The number of benzene rings is 2. The van der Waals surface area contributed by atoms with Crippen molar-refractivity contribution in [1.29, 1.82) is 0 Å². The zero-order valence-electron chi connectivity index (χ0n) is 10.8. The molecule has 2 heteroatoms. The molecule has 1 saturated heterocycles. The van der Waals surface area contributed by atoms with Gasteiger partial charge in [0.15, 0.2) is 0 Å². The molecular weight excluding hydrogens is 234 g/mol. The van der Waals surface area contributed by atoms with Crippen LogP contribution in [0.15, 0.2) is 48.5 Å². The van der Waals surface area contributed by atoms with Gasteiger partial charge in [-0.1, -0.05) is 48.5 Å². The minimum absolute atomic E-state index is 0.147. The Kier molecular flexibility index (Phi) is 2.64. The maximum atomic E-state index is 6.13. The van der Waals surface area contributed by atoms with Crippen LogP contribution in [0.3, 0.4) is 0 Å². The summed E-state index contributed by atoms with van der Waals surface area (Å²) in [6, 6.07) is 17.6. The first-order valence-electron chi connectivity index (χ1n) is 6.98. The molecule has 0 saturated carbocycles. The SMILES string of the molecule is c1ccc2c(c1)-c1ccccc1[C@@H]1NCCCO[C@H]21. The van der Waals surface area contributed by atoms with Crippen molar-refractivity contribution >= 4 is 0 Å². The number of hydrogen-bond donors (Lipinski definition) is 1. The van der Waals surface area contributed by atoms with Gasteiger partial charge in [-0.15, -0.1) is 0 Å². The van der Waals surface area contributed by atoms with Gasteiger partial charge in [0.25, 0.3) is 0 Å². The van der Waals surface area contributed by atoms with Gasteiger partial charge in [-0.3, -0.25) is 0 Å². The molecule has 2 aromatic rings. The van der Waals surface area contributed by atoms with E-state index in [0.717, 1.165) is 19.6 Å². The normalized spacial score (nSPS) is 24.8. The first-order chi connectivity index (χ1) is 9.45. The smallest absolute Gasteiger partial charge is 0.103 e. The highest BCUT2D eigenvalue weighted by Crippen LogP contribution is 2.46. The molecule has 2 nitrogen and oxygen atoms in total. The van der Waals surface area contributed by atoms with Gasteiger partial charge in [0.2, 0.25) is 0 Å². The van der Waals surface area contributed by atoms with Crippen molar-refractivity contribution in [2.75, 3.05) is 13.2 Å². The van der Waals surface area contributed by atoms with Crippen molar-refractivity contribution in [3.05, 3.63) is 59.7 Å². The molecule has 2 atom stereocenters. The molecule has 1 aliphatic heterocycles. The molecule has 2 aromatic carbocycles. The van der Waals surface area contributed by atoms with Crippen LogP contribution < -0.4 is 5.32 Å². The maximum Gasteiger partial charge on any atom is 0.103 e. The van der Waals surface area contributed by atoms with E-state index < -0.39 is 0 Å². The van der Waals surface area contributed by atoms with Crippen molar-refractivity contribution in [3.63, 3.8) is 0 Å². The third-order valence-electron chi connectivity index (χ3n) is 4.14. The third kappa shape index (κ3) is 1.71. The quantitative estimate of drug-likeness (QED) is 0.774. The van der Waals surface area contributed by atoms with Gasteiger partial charge in [0.05, 0.1) is 6.04 Å². The molecule has 0 aromatic heterocycles. The van der Waals surface area contributed by atoms with Crippen molar-refractivity contribution in [3.8, 4) is 11.1 Å². The molecule has 2 aliphatic rings. The summed E-state index contributed by atoms with van der Waals surface area (Å²) in [5.74, 6) is 0. The van der Waals surface area contributed by atoms with Crippen LogP contribution in [0.1, 0.15) is 29.7 Å². The summed E-state index contributed by atoms with van der Waals surface area (Å²) in [5.41, 5.74) is 5.36. The molecule has 0 bridgehead atoms. The fraction of sp³-hybridized carbons (Fsp3) is 0.294. The number of rotatable bonds is 0. The molecule has 4 rings (SSSR count). The zero-order chi connectivity index (χ0) is 12.7. The molecule has 1 heterocycles. The lowest BCUT2D eigenvalue weighted by atomic mass is 9.80. The number of nitrogens with one attached hydrogen (secondary N) is 1. The standard InChI is InChI=1S/C17H17NO/c1-3-8-14-12(6-1)13-7-2-4-9-15(13)17-16(14)18-10-5-11-19-17/h1-4,6-9,16-18H,5,10-11H2/t16-,17+/m0/s1. The van der Waals surface area contributed by atoms with Gasteiger partial charge in [-0.2, -0.15) is 0 Å². The molecule has 0 radical (unpaired) electrons. The Bertz CT molecular complexity index is 554. The number of fused-ring (bicyclic) bond motifs is 6. The third-order valence-corrected chi connectivity index (χ3v) is 4.14. The molecule has 1 fully saturated rings. The van der Waals surface area contributed by atoms with E-state index in [1.54, 1.807) is 0 Å². The highest BCUT2D eigenvalue weighted by Gasteiger charge is 2.34. The predicted octanol–water partition coefficient (Wildman–Crippen LogP) is 3.46. The van der Waals surface area contributed by atoms with Crippen LogP contribution in [-0.4, -0.2) is 13.2 Å². The average molecular weight is 251 g/mol. The van der Waals surface area contributed by atoms with Crippen LogP contribution in [0.25, 0.3) is 11.1 Å². The molecule has 0 spiro atoms. The second-order valence-corrected chi connectivity index (χ2v) is 5.25. The lowest BCUT2D eigenvalue weighted by Crippen LogP contribution is -2.29. The Morgan fingerprint density at radius 1 is 0.895 bits per heavy atom. The van der Waals surface area contributed by atoms with E-state index in [1.165, 1.54) is 22.3 Å². The van der Waals surface area contributed by atoms with Crippen LogP contribution in [0.5, 0.6) is 0 Å². The van der Waals surface area contributed by atoms with Crippen LogP contribution in [0.2, 0.25) is 0 Å².